The summed E-state index contributed by atoms with van der Waals surface area (Å²) in [6, 6.07) is 5.89. The van der Waals surface area contributed by atoms with Crippen molar-refractivity contribution in [1.82, 2.24) is 29.9 Å². The molecule has 3 heterocycles. The van der Waals surface area contributed by atoms with E-state index in [4.69, 9.17) is 16.6 Å². The number of aryl methyl sites for hydroxylation is 1. The van der Waals surface area contributed by atoms with Crippen LogP contribution in [0, 0.1) is 33.0 Å². The third-order valence-electron chi connectivity index (χ3n) is 11.2. The molecular formula is C40H35ClF6IN7O5S2. The van der Waals surface area contributed by atoms with E-state index in [2.05, 4.69) is 32.1 Å². The second kappa shape index (κ2) is 15.4. The van der Waals surface area contributed by atoms with Crippen LogP contribution >= 0.6 is 34.2 Å². The Morgan fingerprint density at radius 1 is 1.05 bits per heavy atom. The van der Waals surface area contributed by atoms with Gasteiger partial charge in [0.1, 0.15) is 40.0 Å². The van der Waals surface area contributed by atoms with E-state index in [0.717, 1.165) is 18.4 Å². The van der Waals surface area contributed by atoms with Gasteiger partial charge in [0, 0.05) is 39.3 Å². The fourth-order valence-corrected chi connectivity index (χ4v) is 11.2. The molecule has 8 rings (SSSR count). The average Bonchev–Trinajstić information content (AvgIpc) is 4.07. The number of hydrogen-bond acceptors (Lipinski definition) is 8. The molecule has 0 saturated heterocycles. The van der Waals surface area contributed by atoms with Crippen LogP contribution in [-0.2, 0) is 50.6 Å². The summed E-state index contributed by atoms with van der Waals surface area (Å²) in [6.45, 7) is 1.97. The molecule has 2 N–H and O–H groups in total. The smallest absolute Gasteiger partial charge is 0.293 e. The van der Waals surface area contributed by atoms with Gasteiger partial charge in [0.05, 0.1) is 39.2 Å². The lowest BCUT2D eigenvalue weighted by Gasteiger charge is -2.24. The van der Waals surface area contributed by atoms with Gasteiger partial charge in [-0.15, -0.1) is 0 Å². The summed E-state index contributed by atoms with van der Waals surface area (Å²) in [7, 11) is -6.05. The van der Waals surface area contributed by atoms with E-state index in [-0.39, 0.29) is 56.2 Å². The Kier molecular flexibility index (Phi) is 11.0. The van der Waals surface area contributed by atoms with Crippen LogP contribution in [0.4, 0.5) is 32.2 Å². The standard InChI is InChI=1S/C40H35ClF6IN7O5S2/c1-39(2,62(59,60)21-5-6-21)10-9-28-27(48)16-23(22-7-8-26(41)32-35(22)54(3)52-38(32)53-61(4,57)58)33(50-28)29(13-18-11-19(42)14-20(43)12-18)49-30(56)17-55-36-31(34(51-55)37(44)45)24-15-25(24)40(36,46)47/h7-8,11-12,14,16,21,24-25,29,37H,5-6,13,15,17H2,1-4H3,(H,49,56)(H,52,53)/t24-,25?,29-/m0/s1. The Morgan fingerprint density at radius 2 is 1.73 bits per heavy atom. The van der Waals surface area contributed by atoms with Gasteiger partial charge in [-0.25, -0.2) is 39.4 Å². The van der Waals surface area contributed by atoms with E-state index in [1.807, 2.05) is 22.6 Å². The predicted octanol–water partition coefficient (Wildman–Crippen LogP) is 7.69. The van der Waals surface area contributed by atoms with Crippen LogP contribution < -0.4 is 10.0 Å². The number of pyridine rings is 1. The van der Waals surface area contributed by atoms with Crippen LogP contribution in [0.15, 0.2) is 36.4 Å². The molecule has 62 heavy (non-hydrogen) atoms. The summed E-state index contributed by atoms with van der Waals surface area (Å²) >= 11 is 8.57. The van der Waals surface area contributed by atoms with Gasteiger partial charge in [-0.05, 0) is 104 Å². The molecule has 2 saturated carbocycles. The number of sulfone groups is 1. The zero-order valence-corrected chi connectivity index (χ0v) is 37.6. The van der Waals surface area contributed by atoms with Gasteiger partial charge in [0.15, 0.2) is 15.7 Å². The topological polar surface area (TPSA) is 158 Å². The first-order valence-electron chi connectivity index (χ1n) is 19.0. The van der Waals surface area contributed by atoms with E-state index in [0.29, 0.717) is 32.7 Å². The molecule has 328 valence electrons. The largest absolute Gasteiger partial charge is 0.346 e. The number of nitrogens with zero attached hydrogens (tertiary/aromatic N) is 5. The molecule has 3 aromatic heterocycles. The molecular weight excluding hydrogens is 999 g/mol. The molecule has 1 amide bonds. The maximum Gasteiger partial charge on any atom is 0.293 e. The number of halogens is 8. The second-order valence-corrected chi connectivity index (χ2v) is 22.3. The van der Waals surface area contributed by atoms with Gasteiger partial charge in [0.25, 0.3) is 12.3 Å². The van der Waals surface area contributed by atoms with Crippen molar-refractivity contribution in [2.45, 2.75) is 80.4 Å². The Bertz CT molecular complexity index is 3000. The lowest BCUT2D eigenvalue weighted by atomic mass is 9.93. The minimum atomic E-state index is -3.87. The number of rotatable bonds is 12. The molecule has 5 aromatic rings. The van der Waals surface area contributed by atoms with Crippen LogP contribution in [-0.4, -0.2) is 63.5 Å². The summed E-state index contributed by atoms with van der Waals surface area (Å²) in [5.41, 5.74) is -1.06. The Balaban J connectivity index is 1.31. The van der Waals surface area contributed by atoms with Crippen LogP contribution in [0.25, 0.3) is 22.0 Å². The van der Waals surface area contributed by atoms with Gasteiger partial charge < -0.3 is 5.32 Å². The normalized spacial score (nSPS) is 18.6. The van der Waals surface area contributed by atoms with Crippen LogP contribution in [0.1, 0.15) is 85.4 Å². The van der Waals surface area contributed by atoms with Crippen molar-refractivity contribution in [2.24, 2.45) is 13.0 Å². The molecule has 1 unspecified atom stereocenters. The van der Waals surface area contributed by atoms with Crippen molar-refractivity contribution in [1.29, 1.82) is 0 Å². The Hall–Kier alpha value is -4.40. The van der Waals surface area contributed by atoms with Gasteiger partial charge in [0.2, 0.25) is 15.9 Å². The van der Waals surface area contributed by atoms with E-state index in [1.54, 1.807) is 12.1 Å². The fourth-order valence-electron chi connectivity index (χ4n) is 8.12. The highest BCUT2D eigenvalue weighted by Gasteiger charge is 2.67. The maximum atomic E-state index is 15.5. The van der Waals surface area contributed by atoms with E-state index in [9.17, 15) is 39.2 Å². The van der Waals surface area contributed by atoms with Crippen molar-refractivity contribution in [3.63, 3.8) is 0 Å². The third-order valence-corrected chi connectivity index (χ3v) is 15.7. The van der Waals surface area contributed by atoms with Gasteiger partial charge in [-0.2, -0.15) is 19.0 Å². The van der Waals surface area contributed by atoms with Crippen molar-refractivity contribution < 1.29 is 48.0 Å². The van der Waals surface area contributed by atoms with E-state index < -0.39 is 102 Å². The number of benzene rings is 2. The minimum Gasteiger partial charge on any atom is -0.346 e. The molecule has 22 heteroatoms. The SMILES string of the molecule is Cn1nc(NS(C)(=O)=O)c2c(Cl)ccc(-c3cc(I)c(C#CC(C)(C)S(=O)(=O)C4CC4)nc3[C@H](Cc3cc(F)cc(F)c3)NC(=O)Cn3nc(C(F)F)c4c3C(F)(F)C3C[C@H]43)c21. The Morgan fingerprint density at radius 3 is 2.35 bits per heavy atom. The highest BCUT2D eigenvalue weighted by Crippen LogP contribution is 2.68. The molecule has 3 atom stereocenters. The predicted molar refractivity (Wildman–Crippen MR) is 226 cm³/mol. The number of carbonyl (C=O) groups is 1. The number of alkyl halides is 4. The minimum absolute atomic E-state index is 0.000489. The fraction of sp³-hybridized carbons (Fsp3) is 0.400. The van der Waals surface area contributed by atoms with Gasteiger partial charge >= 0.3 is 0 Å². The van der Waals surface area contributed by atoms with Gasteiger partial charge in [-0.1, -0.05) is 23.6 Å². The molecule has 3 aliphatic carbocycles. The number of hydrogen-bond donors (Lipinski definition) is 2. The lowest BCUT2D eigenvalue weighted by Crippen LogP contribution is -2.35. The summed E-state index contributed by atoms with van der Waals surface area (Å²) in [5.74, 6) is -2.90. The second-order valence-electron chi connectivity index (χ2n) is 16.2. The zero-order valence-electron chi connectivity index (χ0n) is 33.0. The third kappa shape index (κ3) is 8.04. The number of carbonyl (C=O) groups excluding carboxylic acids is 1. The summed E-state index contributed by atoms with van der Waals surface area (Å²) in [4.78, 5) is 19.0. The number of anilines is 1. The van der Waals surface area contributed by atoms with Crippen LogP contribution in [0.5, 0.6) is 0 Å². The quantitative estimate of drug-likeness (QED) is 0.0732. The average molecular weight is 1030 g/mol. The zero-order chi connectivity index (χ0) is 45.0. The van der Waals surface area contributed by atoms with E-state index >= 15 is 8.78 Å². The molecule has 3 aliphatic rings. The summed E-state index contributed by atoms with van der Waals surface area (Å²) < 4.78 is 143. The summed E-state index contributed by atoms with van der Waals surface area (Å²) in [5, 5.41) is 10.5. The highest BCUT2D eigenvalue weighted by atomic mass is 127. The van der Waals surface area contributed by atoms with Crippen molar-refractivity contribution >= 4 is 76.7 Å². The monoisotopic (exact) mass is 1030 g/mol. The Labute approximate surface area is 370 Å². The molecule has 2 fully saturated rings. The molecule has 0 bridgehead atoms. The molecule has 0 spiro atoms. The number of fused-ring (bicyclic) bond motifs is 4. The van der Waals surface area contributed by atoms with Gasteiger partial charge in [-0.3, -0.25) is 18.9 Å². The highest BCUT2D eigenvalue weighted by molar-refractivity contribution is 14.1. The molecule has 2 aromatic carbocycles. The van der Waals surface area contributed by atoms with Crippen molar-refractivity contribution in [2.75, 3.05) is 11.0 Å². The van der Waals surface area contributed by atoms with Crippen molar-refractivity contribution in [3.05, 3.63) is 90.5 Å². The molecule has 12 nitrogen and oxygen atoms in total. The van der Waals surface area contributed by atoms with Crippen LogP contribution in [0.2, 0.25) is 5.02 Å². The summed E-state index contributed by atoms with van der Waals surface area (Å²) in [6.07, 6.45) is -1.67. The molecule has 0 aliphatic heterocycles. The van der Waals surface area contributed by atoms with E-state index in [1.165, 1.54) is 31.6 Å². The van der Waals surface area contributed by atoms with Crippen LogP contribution in [0.3, 0.4) is 0 Å². The number of sulfonamides is 1. The number of amides is 1. The lowest BCUT2D eigenvalue weighted by molar-refractivity contribution is -0.123. The number of aromatic nitrogens is 5. The van der Waals surface area contributed by atoms with Crippen molar-refractivity contribution in [3.8, 4) is 23.0 Å². The molecule has 0 radical (unpaired) electrons. The first kappa shape index (κ1) is 44.2. The first-order valence-corrected chi connectivity index (χ1v) is 23.9. The number of nitrogens with one attached hydrogen (secondary N) is 2. The maximum absolute atomic E-state index is 15.5. The first-order chi connectivity index (χ1) is 28.9.